The van der Waals surface area contributed by atoms with Crippen LogP contribution in [0.5, 0.6) is 5.75 Å². The second-order valence-electron chi connectivity index (χ2n) is 6.34. The zero-order valence-electron chi connectivity index (χ0n) is 15.7. The summed E-state index contributed by atoms with van der Waals surface area (Å²) in [5.74, 6) is 0.725. The van der Waals surface area contributed by atoms with E-state index in [4.69, 9.17) is 16.3 Å². The normalized spacial score (nSPS) is 11.7. The van der Waals surface area contributed by atoms with E-state index in [0.717, 1.165) is 27.2 Å². The van der Waals surface area contributed by atoms with Gasteiger partial charge in [0.15, 0.2) is 11.7 Å². The van der Waals surface area contributed by atoms with Crippen LogP contribution >= 0.6 is 22.9 Å². The Balaban J connectivity index is 1.51. The third-order valence-corrected chi connectivity index (χ3v) is 5.12. The number of likely N-dealkylation sites (N-methyl/N-ethyl adjacent to an activating group) is 1. The maximum Gasteiger partial charge on any atom is 0.279 e. The van der Waals surface area contributed by atoms with Crippen molar-refractivity contribution < 1.29 is 14.4 Å². The van der Waals surface area contributed by atoms with Gasteiger partial charge in [-0.15, -0.1) is 11.3 Å². The number of ether oxygens (including phenoxy) is 1. The number of amides is 1. The Morgan fingerprint density at radius 3 is 2.68 bits per heavy atom. The van der Waals surface area contributed by atoms with Gasteiger partial charge in [-0.1, -0.05) is 23.7 Å². The van der Waals surface area contributed by atoms with Gasteiger partial charge in [0, 0.05) is 11.1 Å². The molecule has 3 rings (SSSR count). The molecule has 28 heavy (non-hydrogen) atoms. The zero-order valence-corrected chi connectivity index (χ0v) is 17.2. The number of para-hydroxylation sites is 1. The van der Waals surface area contributed by atoms with Gasteiger partial charge in [-0.25, -0.2) is 4.98 Å². The number of halogens is 1. The minimum atomic E-state index is -0.0857. The topological polar surface area (TPSA) is 67.7 Å². The molecular formula is C20H22ClN4O2S+. The average molecular weight is 418 g/mol. The molecule has 2 aromatic carbocycles. The lowest BCUT2D eigenvalue weighted by molar-refractivity contribution is -0.885. The van der Waals surface area contributed by atoms with Crippen molar-refractivity contribution in [2.45, 2.75) is 6.54 Å². The number of aromatic nitrogens is 1. The minimum Gasteiger partial charge on any atom is -0.497 e. The van der Waals surface area contributed by atoms with Gasteiger partial charge in [0.2, 0.25) is 0 Å². The molecule has 3 N–H and O–H groups in total. The second kappa shape index (κ2) is 9.54. The molecule has 3 aromatic rings. The molecule has 0 aliphatic carbocycles. The summed E-state index contributed by atoms with van der Waals surface area (Å²) in [7, 11) is 3.60. The molecular weight excluding hydrogens is 396 g/mol. The predicted octanol–water partition coefficient (Wildman–Crippen LogP) is 3.20. The molecule has 1 atom stereocenters. The molecule has 0 aliphatic rings. The van der Waals surface area contributed by atoms with Gasteiger partial charge in [0.05, 0.1) is 24.9 Å². The Bertz CT molecular complexity index is 930. The Morgan fingerprint density at radius 1 is 1.21 bits per heavy atom. The first-order valence-corrected chi connectivity index (χ1v) is 10.0. The number of nitrogens with one attached hydrogen (secondary N) is 3. The first-order valence-electron chi connectivity index (χ1n) is 8.74. The van der Waals surface area contributed by atoms with Crippen LogP contribution in [0.15, 0.2) is 53.9 Å². The van der Waals surface area contributed by atoms with Crippen molar-refractivity contribution in [3.63, 3.8) is 0 Å². The van der Waals surface area contributed by atoms with Gasteiger partial charge in [0.25, 0.3) is 5.91 Å². The highest BCUT2D eigenvalue weighted by Crippen LogP contribution is 2.23. The second-order valence-corrected chi connectivity index (χ2v) is 7.60. The molecule has 0 spiro atoms. The van der Waals surface area contributed by atoms with E-state index in [0.29, 0.717) is 23.8 Å². The molecule has 8 heteroatoms. The lowest BCUT2D eigenvalue weighted by Gasteiger charge is -2.13. The summed E-state index contributed by atoms with van der Waals surface area (Å²) in [6.07, 6.45) is 0. The number of quaternary nitrogens is 1. The van der Waals surface area contributed by atoms with E-state index in [1.165, 1.54) is 11.3 Å². The van der Waals surface area contributed by atoms with Crippen LogP contribution in [0.25, 0.3) is 0 Å². The molecule has 0 bridgehead atoms. The van der Waals surface area contributed by atoms with Crippen LogP contribution in [0, 0.1) is 0 Å². The quantitative estimate of drug-likeness (QED) is 0.526. The molecule has 6 nitrogen and oxygen atoms in total. The molecule has 1 amide bonds. The van der Waals surface area contributed by atoms with Gasteiger partial charge >= 0.3 is 0 Å². The molecule has 0 radical (unpaired) electrons. The van der Waals surface area contributed by atoms with Crippen LogP contribution in [-0.2, 0) is 11.3 Å². The number of thiazole rings is 1. The molecule has 1 aromatic heterocycles. The third-order valence-electron chi connectivity index (χ3n) is 3.99. The van der Waals surface area contributed by atoms with Gasteiger partial charge in [0.1, 0.15) is 18.0 Å². The smallest absolute Gasteiger partial charge is 0.279 e. The van der Waals surface area contributed by atoms with Crippen LogP contribution in [0.1, 0.15) is 5.69 Å². The maximum absolute atomic E-state index is 12.2. The largest absolute Gasteiger partial charge is 0.497 e. The van der Waals surface area contributed by atoms with Crippen molar-refractivity contribution in [1.29, 1.82) is 0 Å². The fourth-order valence-corrected chi connectivity index (χ4v) is 3.56. The van der Waals surface area contributed by atoms with Gasteiger partial charge in [-0.05, 0) is 36.4 Å². The lowest BCUT2D eigenvalue weighted by Crippen LogP contribution is -3.08. The van der Waals surface area contributed by atoms with Crippen LogP contribution in [-0.4, -0.2) is 31.6 Å². The van der Waals surface area contributed by atoms with Crippen LogP contribution in [0.4, 0.5) is 16.5 Å². The Kier molecular flexibility index (Phi) is 6.86. The van der Waals surface area contributed by atoms with Gasteiger partial charge in [-0.3, -0.25) is 4.79 Å². The van der Waals surface area contributed by atoms with E-state index in [1.807, 2.05) is 48.8 Å². The number of nitrogens with zero attached hydrogens (tertiary/aromatic N) is 1. The third kappa shape index (κ3) is 5.69. The molecule has 1 unspecified atom stereocenters. The van der Waals surface area contributed by atoms with E-state index in [2.05, 4.69) is 15.6 Å². The molecule has 146 valence electrons. The SMILES string of the molecule is COc1ccc(Nc2nc(C[NH+](C)CC(=O)Nc3ccccc3Cl)cs2)cc1. The number of carbonyl (C=O) groups is 1. The predicted molar refractivity (Wildman–Crippen MR) is 114 cm³/mol. The summed E-state index contributed by atoms with van der Waals surface area (Å²) in [4.78, 5) is 17.9. The van der Waals surface area contributed by atoms with E-state index in [1.54, 1.807) is 19.2 Å². The van der Waals surface area contributed by atoms with Crippen LogP contribution in [0.2, 0.25) is 5.02 Å². The monoisotopic (exact) mass is 417 g/mol. The molecule has 0 saturated heterocycles. The summed E-state index contributed by atoms with van der Waals surface area (Å²) >= 11 is 7.61. The highest BCUT2D eigenvalue weighted by Gasteiger charge is 2.14. The fourth-order valence-electron chi connectivity index (χ4n) is 2.65. The Hall–Kier alpha value is -2.61. The molecule has 0 saturated carbocycles. The lowest BCUT2D eigenvalue weighted by atomic mass is 10.3. The summed E-state index contributed by atoms with van der Waals surface area (Å²) < 4.78 is 5.16. The number of hydrogen-bond donors (Lipinski definition) is 3. The van der Waals surface area contributed by atoms with Crippen LogP contribution in [0.3, 0.4) is 0 Å². The first kappa shape index (κ1) is 20.1. The minimum absolute atomic E-state index is 0.0857. The molecule has 1 heterocycles. The summed E-state index contributed by atoms with van der Waals surface area (Å²) in [6, 6.07) is 14.9. The van der Waals surface area contributed by atoms with Gasteiger partial charge in [-0.2, -0.15) is 0 Å². The van der Waals surface area contributed by atoms with E-state index in [-0.39, 0.29) is 5.91 Å². The van der Waals surface area contributed by atoms with E-state index >= 15 is 0 Å². The van der Waals surface area contributed by atoms with E-state index in [9.17, 15) is 4.79 Å². The Labute approximate surface area is 173 Å². The van der Waals surface area contributed by atoms with Crippen molar-refractivity contribution in [3.8, 4) is 5.75 Å². The highest BCUT2D eigenvalue weighted by atomic mass is 35.5. The number of anilines is 3. The number of rotatable bonds is 8. The molecule has 0 fully saturated rings. The number of hydrogen-bond acceptors (Lipinski definition) is 5. The summed E-state index contributed by atoms with van der Waals surface area (Å²) in [5, 5.41) is 9.46. The summed E-state index contributed by atoms with van der Waals surface area (Å²) in [5.41, 5.74) is 2.51. The zero-order chi connectivity index (χ0) is 19.9. The first-order chi connectivity index (χ1) is 13.5. The van der Waals surface area contributed by atoms with Crippen molar-refractivity contribution in [3.05, 3.63) is 64.6 Å². The molecule has 0 aliphatic heterocycles. The fraction of sp³-hybridized carbons (Fsp3) is 0.200. The van der Waals surface area contributed by atoms with Crippen LogP contribution < -0.4 is 20.3 Å². The standard InChI is InChI=1S/C20H21ClN4O2S/c1-25(12-19(26)24-18-6-4-3-5-17(18)21)11-15-13-28-20(23-15)22-14-7-9-16(27-2)10-8-14/h3-10,13H,11-12H2,1-2H3,(H,22,23)(H,24,26)/p+1. The average Bonchev–Trinajstić information content (AvgIpc) is 3.10. The van der Waals surface area contributed by atoms with E-state index < -0.39 is 0 Å². The van der Waals surface area contributed by atoms with Gasteiger partial charge < -0.3 is 20.3 Å². The number of benzene rings is 2. The number of carbonyl (C=O) groups excluding carboxylic acids is 1. The van der Waals surface area contributed by atoms with Crippen molar-refractivity contribution >= 4 is 45.4 Å². The summed E-state index contributed by atoms with van der Waals surface area (Å²) in [6.45, 7) is 0.973. The van der Waals surface area contributed by atoms with Crippen molar-refractivity contribution in [1.82, 2.24) is 4.98 Å². The highest BCUT2D eigenvalue weighted by molar-refractivity contribution is 7.13. The van der Waals surface area contributed by atoms with Crippen molar-refractivity contribution in [2.24, 2.45) is 0 Å². The Morgan fingerprint density at radius 2 is 1.96 bits per heavy atom. The maximum atomic E-state index is 12.2. The van der Waals surface area contributed by atoms with Crippen molar-refractivity contribution in [2.75, 3.05) is 31.3 Å². The number of methoxy groups -OCH3 is 1.